The molecule has 1 fully saturated rings. The van der Waals surface area contributed by atoms with Gasteiger partial charge in [-0.25, -0.2) is 0 Å². The molecule has 0 unspecified atom stereocenters. The van der Waals surface area contributed by atoms with E-state index >= 15 is 0 Å². The lowest BCUT2D eigenvalue weighted by Crippen LogP contribution is -2.51. The van der Waals surface area contributed by atoms with E-state index in [0.29, 0.717) is 12.1 Å². The number of carbonyl (C=O) groups excluding carboxylic acids is 2. The lowest BCUT2D eigenvalue weighted by Gasteiger charge is -2.35. The third-order valence-corrected chi connectivity index (χ3v) is 4.98. The maximum Gasteiger partial charge on any atom is 0.254 e. The van der Waals surface area contributed by atoms with Crippen LogP contribution in [0.4, 0.5) is 0 Å². The molecule has 6 heteroatoms. The normalized spacial score (nSPS) is 18.3. The maximum atomic E-state index is 12.7. The lowest BCUT2D eigenvalue weighted by atomic mass is 9.86. The van der Waals surface area contributed by atoms with Crippen LogP contribution in [0.25, 0.3) is 0 Å². The van der Waals surface area contributed by atoms with E-state index in [9.17, 15) is 9.59 Å². The van der Waals surface area contributed by atoms with Gasteiger partial charge in [-0.05, 0) is 50.5 Å². The zero-order valence-corrected chi connectivity index (χ0v) is 14.7. The van der Waals surface area contributed by atoms with E-state index in [4.69, 9.17) is 5.26 Å². The van der Waals surface area contributed by atoms with Gasteiger partial charge < -0.3 is 10.2 Å². The van der Waals surface area contributed by atoms with Gasteiger partial charge in [0.25, 0.3) is 5.91 Å². The van der Waals surface area contributed by atoms with Crippen LogP contribution in [0, 0.1) is 11.3 Å². The number of hydrogen-bond acceptors (Lipinski definition) is 3. The Morgan fingerprint density at radius 3 is 2.78 bits per heavy atom. The highest BCUT2D eigenvalue weighted by Crippen LogP contribution is 2.52. The number of fused-ring (bicyclic) bond motifs is 2. The van der Waals surface area contributed by atoms with Crippen molar-refractivity contribution in [2.24, 2.45) is 0 Å². The number of nitrogens with one attached hydrogen (secondary N) is 1. The van der Waals surface area contributed by atoms with Crippen molar-refractivity contribution >= 4 is 27.7 Å². The highest BCUT2D eigenvalue weighted by atomic mass is 79.9. The van der Waals surface area contributed by atoms with Gasteiger partial charge in [0.05, 0.1) is 12.6 Å². The molecule has 1 N–H and O–H groups in total. The van der Waals surface area contributed by atoms with E-state index in [1.807, 2.05) is 24.3 Å². The van der Waals surface area contributed by atoms with Crippen molar-refractivity contribution in [1.82, 2.24) is 10.2 Å². The highest BCUT2D eigenvalue weighted by molar-refractivity contribution is 9.10. The van der Waals surface area contributed by atoms with Crippen molar-refractivity contribution < 1.29 is 9.59 Å². The van der Waals surface area contributed by atoms with Gasteiger partial charge in [0.1, 0.15) is 5.54 Å². The Kier molecular flexibility index (Phi) is 3.72. The average molecular weight is 376 g/mol. The first-order chi connectivity index (χ1) is 10.8. The fourth-order valence-corrected chi connectivity index (χ4v) is 3.49. The Hall–Kier alpha value is -1.87. The molecule has 5 nitrogen and oxygen atoms in total. The van der Waals surface area contributed by atoms with Gasteiger partial charge in [0.15, 0.2) is 0 Å². The number of nitrogens with zero attached hydrogens (tertiary/aromatic N) is 2. The molecule has 0 aromatic heterocycles. The average Bonchev–Trinajstić information content (AvgIpc) is 3.24. The van der Waals surface area contributed by atoms with Crippen LogP contribution >= 0.6 is 15.9 Å². The molecule has 0 atom stereocenters. The van der Waals surface area contributed by atoms with Crippen molar-refractivity contribution in [2.75, 3.05) is 13.1 Å². The zero-order chi connectivity index (χ0) is 16.8. The zero-order valence-electron chi connectivity index (χ0n) is 13.1. The summed E-state index contributed by atoms with van der Waals surface area (Å²) < 4.78 is 0.970. The smallest absolute Gasteiger partial charge is 0.254 e. The van der Waals surface area contributed by atoms with Gasteiger partial charge in [-0.15, -0.1) is 0 Å². The summed E-state index contributed by atoms with van der Waals surface area (Å²) in [6, 6.07) is 7.74. The molecular formula is C17H18BrN3O2. The molecule has 2 aliphatic rings. The number of rotatable bonds is 3. The van der Waals surface area contributed by atoms with Gasteiger partial charge in [0, 0.05) is 22.0 Å². The van der Waals surface area contributed by atoms with Crippen molar-refractivity contribution in [3.63, 3.8) is 0 Å². The number of hydrogen-bond donors (Lipinski definition) is 1. The van der Waals surface area contributed by atoms with Crippen molar-refractivity contribution in [3.8, 4) is 6.07 Å². The molecule has 1 saturated carbocycles. The molecule has 2 amide bonds. The Balaban J connectivity index is 1.81. The Morgan fingerprint density at radius 2 is 2.17 bits per heavy atom. The number of nitriles is 1. The van der Waals surface area contributed by atoms with Crippen LogP contribution in [0.1, 0.15) is 42.6 Å². The quantitative estimate of drug-likeness (QED) is 0.880. The molecule has 120 valence electrons. The molecule has 3 rings (SSSR count). The summed E-state index contributed by atoms with van der Waals surface area (Å²) in [6.07, 6.45) is 2.07. The van der Waals surface area contributed by atoms with E-state index in [-0.39, 0.29) is 23.8 Å². The van der Waals surface area contributed by atoms with E-state index in [2.05, 4.69) is 21.2 Å². The Bertz CT molecular complexity index is 732. The molecule has 1 spiro atoms. The number of benzene rings is 1. The second kappa shape index (κ2) is 5.34. The molecule has 0 radical (unpaired) electrons. The number of amides is 2. The highest BCUT2D eigenvalue weighted by Gasteiger charge is 2.51. The van der Waals surface area contributed by atoms with Crippen molar-refractivity contribution in [3.05, 3.63) is 33.8 Å². The molecular weight excluding hydrogens is 358 g/mol. The summed E-state index contributed by atoms with van der Waals surface area (Å²) in [4.78, 5) is 26.4. The second-order valence-corrected chi connectivity index (χ2v) is 7.83. The monoisotopic (exact) mass is 375 g/mol. The molecule has 0 saturated heterocycles. The first-order valence-corrected chi connectivity index (χ1v) is 8.37. The van der Waals surface area contributed by atoms with E-state index in [1.54, 1.807) is 18.7 Å². The molecule has 1 heterocycles. The summed E-state index contributed by atoms with van der Waals surface area (Å²) in [5.41, 5.74) is 0.837. The molecule has 1 aliphatic carbocycles. The molecule has 23 heavy (non-hydrogen) atoms. The third-order valence-electron chi connectivity index (χ3n) is 4.48. The minimum Gasteiger partial charge on any atom is -0.337 e. The summed E-state index contributed by atoms with van der Waals surface area (Å²) in [6.45, 7) is 3.83. The van der Waals surface area contributed by atoms with Crippen molar-refractivity contribution in [2.45, 2.75) is 37.6 Å². The number of carbonyl (C=O) groups is 2. The standard InChI is InChI=1S/C17H18BrN3O2/c1-16(2,9-19)20-14(22)8-21-10-17(5-6-17)13-7-11(18)3-4-12(13)15(21)23/h3-4,7H,5-6,8,10H2,1-2H3,(H,20,22). The topological polar surface area (TPSA) is 73.2 Å². The first-order valence-electron chi connectivity index (χ1n) is 7.58. The fraction of sp³-hybridized carbons (Fsp3) is 0.471. The van der Waals surface area contributed by atoms with E-state index in [1.165, 1.54) is 0 Å². The summed E-state index contributed by atoms with van der Waals surface area (Å²) in [5.74, 6) is -0.420. The predicted octanol–water partition coefficient (Wildman–Crippen LogP) is 2.35. The van der Waals surface area contributed by atoms with Crippen LogP contribution in [0.3, 0.4) is 0 Å². The van der Waals surface area contributed by atoms with Crippen molar-refractivity contribution in [1.29, 1.82) is 5.26 Å². The first kappa shape index (κ1) is 16.0. The SMILES string of the molecule is CC(C)(C#N)NC(=O)CN1CC2(CC2)c2cc(Br)ccc2C1=O. The second-order valence-electron chi connectivity index (χ2n) is 6.92. The van der Waals surface area contributed by atoms with Gasteiger partial charge in [0.2, 0.25) is 5.91 Å². The predicted molar refractivity (Wildman–Crippen MR) is 88.8 cm³/mol. The van der Waals surface area contributed by atoms with Crippen LogP contribution in [-0.4, -0.2) is 35.3 Å². The fourth-order valence-electron chi connectivity index (χ4n) is 3.13. The number of halogens is 1. The maximum absolute atomic E-state index is 12.7. The van der Waals surface area contributed by atoms with E-state index in [0.717, 1.165) is 22.9 Å². The summed E-state index contributed by atoms with van der Waals surface area (Å²) >= 11 is 3.47. The van der Waals surface area contributed by atoms with Crippen LogP contribution in [0.15, 0.2) is 22.7 Å². The summed E-state index contributed by atoms with van der Waals surface area (Å²) in [7, 11) is 0. The van der Waals surface area contributed by atoms with Gasteiger partial charge in [-0.3, -0.25) is 9.59 Å². The third kappa shape index (κ3) is 2.98. The van der Waals surface area contributed by atoms with Crippen LogP contribution in [-0.2, 0) is 10.2 Å². The molecule has 1 aliphatic heterocycles. The van der Waals surface area contributed by atoms with Crippen LogP contribution in [0.5, 0.6) is 0 Å². The molecule has 0 bridgehead atoms. The lowest BCUT2D eigenvalue weighted by molar-refractivity contribution is -0.123. The Labute approximate surface area is 143 Å². The van der Waals surface area contributed by atoms with Crippen LogP contribution in [0.2, 0.25) is 0 Å². The molecule has 1 aromatic rings. The van der Waals surface area contributed by atoms with E-state index < -0.39 is 5.54 Å². The molecule has 1 aromatic carbocycles. The summed E-state index contributed by atoms with van der Waals surface area (Å²) in [5, 5.41) is 11.7. The Morgan fingerprint density at radius 1 is 1.48 bits per heavy atom. The minimum atomic E-state index is -0.935. The van der Waals surface area contributed by atoms with Gasteiger partial charge in [-0.2, -0.15) is 5.26 Å². The van der Waals surface area contributed by atoms with Gasteiger partial charge in [-0.1, -0.05) is 15.9 Å². The van der Waals surface area contributed by atoms with Crippen LogP contribution < -0.4 is 5.32 Å². The minimum absolute atomic E-state index is 0.00193. The van der Waals surface area contributed by atoms with Gasteiger partial charge >= 0.3 is 0 Å². The largest absolute Gasteiger partial charge is 0.337 e.